The Morgan fingerprint density at radius 3 is 2.60 bits per heavy atom. The topological polar surface area (TPSA) is 68.3 Å². The second kappa shape index (κ2) is 5.71. The molecule has 1 unspecified atom stereocenters. The first-order valence-electron chi connectivity index (χ1n) is 6.31. The van der Waals surface area contributed by atoms with Crippen LogP contribution in [0.5, 0.6) is 0 Å². The van der Waals surface area contributed by atoms with Gasteiger partial charge in [-0.2, -0.15) is 0 Å². The van der Waals surface area contributed by atoms with Gasteiger partial charge in [-0.05, 0) is 61.0 Å². The maximum atomic E-state index is 12.2. The van der Waals surface area contributed by atoms with Crippen LogP contribution in [0, 0.1) is 13.8 Å². The number of nitrogens with one attached hydrogen (secondary N) is 1. The highest BCUT2D eigenvalue weighted by Crippen LogP contribution is 2.23. The van der Waals surface area contributed by atoms with Crippen molar-refractivity contribution >= 4 is 27.5 Å². The minimum absolute atomic E-state index is 0.115. The van der Waals surface area contributed by atoms with Crippen LogP contribution >= 0.6 is 15.9 Å². The first-order chi connectivity index (χ1) is 9.38. The molecule has 5 heteroatoms. The lowest BCUT2D eigenvalue weighted by atomic mass is 10.1. The Balaban J connectivity index is 2.15. The molecule has 3 N–H and O–H groups in total. The number of carbonyl (C=O) groups is 1. The highest BCUT2D eigenvalue weighted by Gasteiger charge is 2.16. The summed E-state index contributed by atoms with van der Waals surface area (Å²) in [6, 6.07) is 6.95. The predicted octanol–water partition coefficient (Wildman–Crippen LogP) is 3.73. The number of nitrogen functional groups attached to an aromatic ring is 1. The van der Waals surface area contributed by atoms with E-state index in [2.05, 4.69) is 21.2 Å². The lowest BCUT2D eigenvalue weighted by molar-refractivity contribution is 0.0939. The van der Waals surface area contributed by atoms with Gasteiger partial charge in [0, 0.05) is 21.3 Å². The van der Waals surface area contributed by atoms with Gasteiger partial charge in [0.25, 0.3) is 5.91 Å². The molecule has 106 valence electrons. The molecule has 1 heterocycles. The minimum atomic E-state index is -0.142. The highest BCUT2D eigenvalue weighted by molar-refractivity contribution is 9.10. The monoisotopic (exact) mass is 336 g/mol. The third-order valence-corrected chi connectivity index (χ3v) is 3.84. The maximum Gasteiger partial charge on any atom is 0.251 e. The van der Waals surface area contributed by atoms with E-state index in [4.69, 9.17) is 10.2 Å². The molecule has 0 bridgehead atoms. The largest absolute Gasteiger partial charge is 0.466 e. The molecule has 4 nitrogen and oxygen atoms in total. The van der Waals surface area contributed by atoms with Crippen molar-refractivity contribution in [1.29, 1.82) is 0 Å². The number of benzene rings is 1. The van der Waals surface area contributed by atoms with Crippen molar-refractivity contribution in [3.63, 3.8) is 0 Å². The summed E-state index contributed by atoms with van der Waals surface area (Å²) in [6.07, 6.45) is 0. The van der Waals surface area contributed by atoms with Crippen LogP contribution in [-0.2, 0) is 0 Å². The molecule has 0 aliphatic rings. The molecule has 0 aliphatic carbocycles. The van der Waals surface area contributed by atoms with Gasteiger partial charge < -0.3 is 15.5 Å². The van der Waals surface area contributed by atoms with Gasteiger partial charge in [-0.15, -0.1) is 0 Å². The van der Waals surface area contributed by atoms with Gasteiger partial charge in [0.1, 0.15) is 11.5 Å². The van der Waals surface area contributed by atoms with Crippen molar-refractivity contribution in [2.24, 2.45) is 0 Å². The molecular weight excluding hydrogens is 320 g/mol. The molecule has 1 aromatic heterocycles. The van der Waals surface area contributed by atoms with Crippen molar-refractivity contribution in [2.45, 2.75) is 26.8 Å². The number of halogens is 1. The third-order valence-electron chi connectivity index (χ3n) is 3.16. The zero-order valence-corrected chi connectivity index (χ0v) is 13.2. The van der Waals surface area contributed by atoms with Crippen LogP contribution in [0.2, 0.25) is 0 Å². The average molecular weight is 337 g/mol. The van der Waals surface area contributed by atoms with E-state index in [-0.39, 0.29) is 11.9 Å². The van der Waals surface area contributed by atoms with E-state index in [0.29, 0.717) is 15.7 Å². The highest BCUT2D eigenvalue weighted by atomic mass is 79.9. The number of anilines is 1. The van der Waals surface area contributed by atoms with Crippen molar-refractivity contribution < 1.29 is 9.21 Å². The Kier molecular flexibility index (Phi) is 4.18. The van der Waals surface area contributed by atoms with E-state index in [1.807, 2.05) is 26.8 Å². The number of nitrogens with two attached hydrogens (primary N) is 1. The summed E-state index contributed by atoms with van der Waals surface area (Å²) >= 11 is 3.32. The second-order valence-corrected chi connectivity index (χ2v) is 5.65. The Bertz CT molecular complexity index is 649. The van der Waals surface area contributed by atoms with Crippen molar-refractivity contribution in [1.82, 2.24) is 5.32 Å². The van der Waals surface area contributed by atoms with E-state index in [1.54, 1.807) is 18.2 Å². The summed E-state index contributed by atoms with van der Waals surface area (Å²) < 4.78 is 6.20. The van der Waals surface area contributed by atoms with Crippen LogP contribution in [0.15, 0.2) is 33.2 Å². The van der Waals surface area contributed by atoms with Gasteiger partial charge in [-0.1, -0.05) is 0 Å². The number of hydrogen-bond donors (Lipinski definition) is 2. The average Bonchev–Trinajstić information content (AvgIpc) is 2.71. The first-order valence-corrected chi connectivity index (χ1v) is 7.10. The zero-order valence-electron chi connectivity index (χ0n) is 11.7. The summed E-state index contributed by atoms with van der Waals surface area (Å²) in [5.74, 6) is 1.53. The number of furan rings is 1. The van der Waals surface area contributed by atoms with Gasteiger partial charge in [0.2, 0.25) is 0 Å². The van der Waals surface area contributed by atoms with Crippen LogP contribution in [0.3, 0.4) is 0 Å². The van der Waals surface area contributed by atoms with Crippen LogP contribution in [0.4, 0.5) is 5.69 Å². The normalized spacial score (nSPS) is 12.2. The SMILES string of the molecule is Cc1cc(C(C)NC(=O)c2ccc(N)c(Br)c2)c(C)o1. The van der Waals surface area contributed by atoms with E-state index in [0.717, 1.165) is 17.1 Å². The molecule has 0 aliphatic heterocycles. The van der Waals surface area contributed by atoms with E-state index < -0.39 is 0 Å². The van der Waals surface area contributed by atoms with Gasteiger partial charge in [0.15, 0.2) is 0 Å². The molecule has 0 saturated heterocycles. The summed E-state index contributed by atoms with van der Waals surface area (Å²) in [6.45, 7) is 5.72. The maximum absolute atomic E-state index is 12.2. The summed E-state index contributed by atoms with van der Waals surface area (Å²) in [5.41, 5.74) is 7.88. The molecule has 0 spiro atoms. The molecule has 1 aromatic carbocycles. The fraction of sp³-hybridized carbons (Fsp3) is 0.267. The van der Waals surface area contributed by atoms with Gasteiger partial charge in [-0.25, -0.2) is 0 Å². The van der Waals surface area contributed by atoms with Gasteiger partial charge >= 0.3 is 0 Å². The van der Waals surface area contributed by atoms with Crippen molar-refractivity contribution in [2.75, 3.05) is 5.73 Å². The molecule has 0 saturated carbocycles. The minimum Gasteiger partial charge on any atom is -0.466 e. The van der Waals surface area contributed by atoms with Crippen LogP contribution in [0.1, 0.15) is 40.4 Å². The molecule has 0 radical (unpaired) electrons. The van der Waals surface area contributed by atoms with Crippen LogP contribution < -0.4 is 11.1 Å². The summed E-state index contributed by atoms with van der Waals surface area (Å²) in [5, 5.41) is 2.95. The summed E-state index contributed by atoms with van der Waals surface area (Å²) in [4.78, 5) is 12.2. The number of aryl methyl sites for hydroxylation is 2. The predicted molar refractivity (Wildman–Crippen MR) is 82.6 cm³/mol. The van der Waals surface area contributed by atoms with Crippen molar-refractivity contribution in [3.05, 3.63) is 51.4 Å². The Morgan fingerprint density at radius 1 is 1.35 bits per heavy atom. The molecule has 2 rings (SSSR count). The molecular formula is C15H17BrN2O2. The Morgan fingerprint density at radius 2 is 2.05 bits per heavy atom. The van der Waals surface area contributed by atoms with Gasteiger partial charge in [-0.3, -0.25) is 4.79 Å². The quantitative estimate of drug-likeness (QED) is 0.839. The number of rotatable bonds is 3. The smallest absolute Gasteiger partial charge is 0.251 e. The fourth-order valence-corrected chi connectivity index (χ4v) is 2.49. The zero-order chi connectivity index (χ0) is 14.9. The fourth-order valence-electron chi connectivity index (χ4n) is 2.11. The molecule has 1 amide bonds. The Labute approximate surface area is 126 Å². The lowest BCUT2D eigenvalue weighted by Gasteiger charge is -2.13. The Hall–Kier alpha value is -1.75. The summed E-state index contributed by atoms with van der Waals surface area (Å²) in [7, 11) is 0. The number of hydrogen-bond acceptors (Lipinski definition) is 3. The molecule has 0 fully saturated rings. The van der Waals surface area contributed by atoms with Crippen LogP contribution in [0.25, 0.3) is 0 Å². The van der Waals surface area contributed by atoms with E-state index >= 15 is 0 Å². The molecule has 1 atom stereocenters. The first kappa shape index (κ1) is 14.7. The molecule has 20 heavy (non-hydrogen) atoms. The number of carbonyl (C=O) groups excluding carboxylic acids is 1. The third kappa shape index (κ3) is 3.04. The van der Waals surface area contributed by atoms with E-state index in [1.165, 1.54) is 0 Å². The lowest BCUT2D eigenvalue weighted by Crippen LogP contribution is -2.26. The van der Waals surface area contributed by atoms with E-state index in [9.17, 15) is 4.79 Å². The van der Waals surface area contributed by atoms with Crippen molar-refractivity contribution in [3.8, 4) is 0 Å². The van der Waals surface area contributed by atoms with Gasteiger partial charge in [0.05, 0.1) is 6.04 Å². The standard InChI is InChI=1S/C15H17BrN2O2/c1-8-6-12(10(3)20-8)9(2)18-15(19)11-4-5-14(17)13(16)7-11/h4-7,9H,17H2,1-3H3,(H,18,19). The van der Waals surface area contributed by atoms with Crippen LogP contribution in [-0.4, -0.2) is 5.91 Å². The second-order valence-electron chi connectivity index (χ2n) is 4.80. The number of amides is 1. The molecule has 2 aromatic rings.